The first kappa shape index (κ1) is 21.0. The van der Waals surface area contributed by atoms with Gasteiger partial charge in [-0.05, 0) is 30.7 Å². The summed E-state index contributed by atoms with van der Waals surface area (Å²) in [6.45, 7) is 1.98. The number of fused-ring (bicyclic) bond motifs is 4. The summed E-state index contributed by atoms with van der Waals surface area (Å²) in [4.78, 5) is 24.9. The summed E-state index contributed by atoms with van der Waals surface area (Å²) in [6.07, 6.45) is 0.434. The molecule has 1 unspecified atom stereocenters. The number of carboxylic acids is 1. The summed E-state index contributed by atoms with van der Waals surface area (Å²) >= 11 is 0. The molecule has 0 saturated heterocycles. The van der Waals surface area contributed by atoms with Crippen molar-refractivity contribution in [2.24, 2.45) is 0 Å². The Bertz CT molecular complexity index is 1690. The van der Waals surface area contributed by atoms with E-state index in [-0.39, 0.29) is 34.8 Å². The van der Waals surface area contributed by atoms with Crippen LogP contribution in [0.2, 0.25) is 0 Å². The van der Waals surface area contributed by atoms with E-state index in [1.807, 2.05) is 43.3 Å². The minimum Gasteiger partial charge on any atom is -0.507 e. The van der Waals surface area contributed by atoms with Gasteiger partial charge < -0.3 is 23.8 Å². The molecular weight excluding hydrogens is 448 g/mol. The highest BCUT2D eigenvalue weighted by atomic mass is 16.5. The van der Waals surface area contributed by atoms with Gasteiger partial charge in [-0.1, -0.05) is 30.3 Å². The predicted molar refractivity (Wildman–Crippen MR) is 130 cm³/mol. The molecule has 1 aliphatic rings. The van der Waals surface area contributed by atoms with Gasteiger partial charge in [-0.3, -0.25) is 9.59 Å². The van der Waals surface area contributed by atoms with Gasteiger partial charge >= 0.3 is 5.97 Å². The lowest BCUT2D eigenvalue weighted by molar-refractivity contribution is -0.136. The molecule has 3 aromatic carbocycles. The van der Waals surface area contributed by atoms with Crippen molar-refractivity contribution in [3.63, 3.8) is 0 Å². The summed E-state index contributed by atoms with van der Waals surface area (Å²) in [5.41, 5.74) is 2.63. The normalized spacial score (nSPS) is 14.8. The molecule has 5 aromatic rings. The highest BCUT2D eigenvalue weighted by molar-refractivity contribution is 6.10. The maximum Gasteiger partial charge on any atom is 0.307 e. The number of aliphatic carboxylic acids is 1. The average molecular weight is 468 g/mol. The number of ether oxygens (including phenoxy) is 1. The van der Waals surface area contributed by atoms with Crippen molar-refractivity contribution in [2.75, 3.05) is 0 Å². The zero-order valence-corrected chi connectivity index (χ0v) is 18.7. The zero-order valence-electron chi connectivity index (χ0n) is 18.7. The van der Waals surface area contributed by atoms with E-state index in [2.05, 4.69) is 0 Å². The van der Waals surface area contributed by atoms with Gasteiger partial charge in [0.1, 0.15) is 40.1 Å². The SMILES string of the molecule is CC1Cc2cc(-c3oc4cc(O)c5c(=O)cc(-c6ccccc6)oc5c4c3CC(=O)O)ccc2O1. The van der Waals surface area contributed by atoms with E-state index >= 15 is 0 Å². The van der Waals surface area contributed by atoms with Gasteiger partial charge in [0, 0.05) is 35.2 Å². The molecule has 7 heteroatoms. The quantitative estimate of drug-likeness (QED) is 0.357. The number of aromatic hydroxyl groups is 1. The summed E-state index contributed by atoms with van der Waals surface area (Å²) in [5, 5.41) is 20.7. The third-order valence-corrected chi connectivity index (χ3v) is 6.28. The number of hydrogen-bond donors (Lipinski definition) is 2. The third-order valence-electron chi connectivity index (χ3n) is 6.28. The second kappa shape index (κ2) is 7.77. The number of benzene rings is 3. The van der Waals surface area contributed by atoms with Crippen molar-refractivity contribution in [1.29, 1.82) is 0 Å². The minimum atomic E-state index is -1.06. The van der Waals surface area contributed by atoms with Gasteiger partial charge in [-0.25, -0.2) is 0 Å². The van der Waals surface area contributed by atoms with Crippen LogP contribution in [0.4, 0.5) is 0 Å². The Labute approximate surface area is 198 Å². The summed E-state index contributed by atoms with van der Waals surface area (Å²) in [6, 6.07) is 17.3. The molecule has 35 heavy (non-hydrogen) atoms. The van der Waals surface area contributed by atoms with Crippen LogP contribution in [0.15, 0.2) is 74.3 Å². The highest BCUT2D eigenvalue weighted by Gasteiger charge is 2.26. The van der Waals surface area contributed by atoms with E-state index in [4.69, 9.17) is 13.6 Å². The van der Waals surface area contributed by atoms with Crippen LogP contribution in [0.3, 0.4) is 0 Å². The molecule has 0 bridgehead atoms. The Morgan fingerprint density at radius 1 is 1.00 bits per heavy atom. The third kappa shape index (κ3) is 3.44. The molecule has 2 N–H and O–H groups in total. The molecule has 1 atom stereocenters. The Balaban J connectivity index is 1.67. The molecule has 0 saturated carbocycles. The maximum atomic E-state index is 13.0. The van der Waals surface area contributed by atoms with E-state index in [1.54, 1.807) is 12.1 Å². The minimum absolute atomic E-state index is 0.0210. The number of furan rings is 1. The molecule has 0 fully saturated rings. The first-order valence-corrected chi connectivity index (χ1v) is 11.2. The van der Waals surface area contributed by atoms with Crippen LogP contribution in [0.5, 0.6) is 11.5 Å². The number of phenols is 1. The van der Waals surface area contributed by atoms with Crippen LogP contribution in [0, 0.1) is 0 Å². The molecule has 0 aliphatic carbocycles. The fourth-order valence-electron chi connectivity index (χ4n) is 4.80. The van der Waals surface area contributed by atoms with Gasteiger partial charge in [-0.2, -0.15) is 0 Å². The molecule has 1 aliphatic heterocycles. The number of carboxylic acid groups (broad SMARTS) is 1. The second-order valence-corrected chi connectivity index (χ2v) is 8.75. The predicted octanol–water partition coefficient (Wildman–Crippen LogP) is 5.53. The van der Waals surface area contributed by atoms with Crippen LogP contribution >= 0.6 is 0 Å². The lowest BCUT2D eigenvalue weighted by atomic mass is 9.99. The van der Waals surface area contributed by atoms with Gasteiger partial charge in [0.05, 0.1) is 11.8 Å². The monoisotopic (exact) mass is 468 g/mol. The lowest BCUT2D eigenvalue weighted by Gasteiger charge is -2.07. The molecule has 2 aromatic heterocycles. The number of carbonyl (C=O) groups is 1. The lowest BCUT2D eigenvalue weighted by Crippen LogP contribution is -2.05. The number of rotatable bonds is 4. The van der Waals surface area contributed by atoms with E-state index in [9.17, 15) is 19.8 Å². The standard InChI is InChI=1S/C28H20O7/c1-14-9-17-10-16(7-8-21(17)33-14)27-18(11-24(31)32)25-23(35-27)13-20(30)26-19(29)12-22(34-28(25)26)15-5-3-2-4-6-15/h2-8,10,12-14,30H,9,11H2,1H3,(H,31,32). The van der Waals surface area contributed by atoms with Gasteiger partial charge in [-0.15, -0.1) is 0 Å². The molecule has 0 radical (unpaired) electrons. The first-order valence-electron chi connectivity index (χ1n) is 11.2. The molecule has 174 valence electrons. The van der Waals surface area contributed by atoms with Crippen molar-refractivity contribution in [3.05, 3.63) is 82.0 Å². The summed E-state index contributed by atoms with van der Waals surface area (Å²) in [7, 11) is 0. The van der Waals surface area contributed by atoms with Crippen molar-refractivity contribution < 1.29 is 28.6 Å². The number of hydrogen-bond acceptors (Lipinski definition) is 6. The molecule has 0 amide bonds. The van der Waals surface area contributed by atoms with Crippen LogP contribution in [0.25, 0.3) is 44.6 Å². The Morgan fingerprint density at radius 2 is 1.80 bits per heavy atom. The highest BCUT2D eigenvalue weighted by Crippen LogP contribution is 2.43. The van der Waals surface area contributed by atoms with E-state index in [0.717, 1.165) is 17.7 Å². The van der Waals surface area contributed by atoms with E-state index in [1.165, 1.54) is 12.1 Å². The maximum absolute atomic E-state index is 13.0. The van der Waals surface area contributed by atoms with Crippen molar-refractivity contribution in [2.45, 2.75) is 25.9 Å². The van der Waals surface area contributed by atoms with E-state index in [0.29, 0.717) is 33.6 Å². The summed E-state index contributed by atoms with van der Waals surface area (Å²) < 4.78 is 18.1. The molecule has 0 spiro atoms. The van der Waals surface area contributed by atoms with Crippen LogP contribution in [0.1, 0.15) is 18.1 Å². The largest absolute Gasteiger partial charge is 0.507 e. The fraction of sp³-hybridized carbons (Fsp3) is 0.143. The van der Waals surface area contributed by atoms with Crippen LogP contribution < -0.4 is 10.2 Å². The molecule has 3 heterocycles. The van der Waals surface area contributed by atoms with Gasteiger partial charge in [0.15, 0.2) is 11.0 Å². The zero-order chi connectivity index (χ0) is 24.3. The van der Waals surface area contributed by atoms with Gasteiger partial charge in [0.25, 0.3) is 0 Å². The molecule has 6 rings (SSSR count). The van der Waals surface area contributed by atoms with Gasteiger partial charge in [0.2, 0.25) is 0 Å². The van der Waals surface area contributed by atoms with Crippen molar-refractivity contribution in [3.8, 4) is 34.1 Å². The topological polar surface area (TPSA) is 110 Å². The number of phenolic OH excluding ortho intramolecular Hbond substituents is 1. The van der Waals surface area contributed by atoms with E-state index < -0.39 is 11.4 Å². The van der Waals surface area contributed by atoms with Crippen molar-refractivity contribution in [1.82, 2.24) is 0 Å². The summed E-state index contributed by atoms with van der Waals surface area (Å²) in [5.74, 6) is 0.0971. The fourth-order valence-corrected chi connectivity index (χ4v) is 4.80. The first-order chi connectivity index (χ1) is 16.9. The molecule has 7 nitrogen and oxygen atoms in total. The molecular formula is C28H20O7. The average Bonchev–Trinajstić information content (AvgIpc) is 3.37. The van der Waals surface area contributed by atoms with Crippen molar-refractivity contribution >= 4 is 27.9 Å². The Kier molecular flexibility index (Phi) is 4.67. The second-order valence-electron chi connectivity index (χ2n) is 8.75. The van der Waals surface area contributed by atoms with Crippen LogP contribution in [-0.2, 0) is 17.6 Å². The Hall–Kier alpha value is -4.52. The smallest absolute Gasteiger partial charge is 0.307 e. The Morgan fingerprint density at radius 3 is 2.57 bits per heavy atom. The van der Waals surface area contributed by atoms with Crippen LogP contribution in [-0.4, -0.2) is 22.3 Å².